The number of anilines is 1. The summed E-state index contributed by atoms with van der Waals surface area (Å²) in [5, 5.41) is 1.06. The predicted molar refractivity (Wildman–Crippen MR) is 112 cm³/mol. The topological polar surface area (TPSA) is 99.8 Å². The summed E-state index contributed by atoms with van der Waals surface area (Å²) in [6.45, 7) is 2.82. The molecule has 142 valence electrons. The average molecular weight is 373 g/mol. The van der Waals surface area contributed by atoms with Gasteiger partial charge in [0.05, 0.1) is 11.0 Å². The number of imidazole rings is 1. The molecule has 0 aliphatic heterocycles. The fourth-order valence-electron chi connectivity index (χ4n) is 3.81. The minimum Gasteiger partial charge on any atom is -0.382 e. The van der Waals surface area contributed by atoms with Gasteiger partial charge in [-0.1, -0.05) is 36.4 Å². The normalized spacial score (nSPS) is 11.3. The number of carbonyl (C=O) groups is 1. The maximum Gasteiger partial charge on any atom is 0.248 e. The Morgan fingerprint density at radius 3 is 2.61 bits per heavy atom. The highest BCUT2D eigenvalue weighted by Gasteiger charge is 2.15. The highest BCUT2D eigenvalue weighted by Crippen LogP contribution is 2.28. The highest BCUT2D eigenvalue weighted by atomic mass is 16.1. The summed E-state index contributed by atoms with van der Waals surface area (Å²) in [7, 11) is 0. The lowest BCUT2D eigenvalue weighted by atomic mass is 10.0. The van der Waals surface area contributed by atoms with Gasteiger partial charge in [0.1, 0.15) is 11.3 Å². The van der Waals surface area contributed by atoms with Crippen LogP contribution in [-0.4, -0.2) is 20.4 Å². The van der Waals surface area contributed by atoms with Crippen molar-refractivity contribution in [2.24, 2.45) is 5.73 Å². The Morgan fingerprint density at radius 2 is 1.79 bits per heavy atom. The minimum atomic E-state index is -0.374. The van der Waals surface area contributed by atoms with E-state index in [0.717, 1.165) is 59.1 Å². The van der Waals surface area contributed by atoms with Gasteiger partial charge < -0.3 is 16.0 Å². The van der Waals surface area contributed by atoms with E-state index in [1.165, 1.54) is 0 Å². The average Bonchev–Trinajstić information content (AvgIpc) is 3.03. The summed E-state index contributed by atoms with van der Waals surface area (Å²) in [4.78, 5) is 20.7. The molecule has 0 aliphatic carbocycles. The number of nitrogen functional groups attached to an aromatic ring is 1. The number of para-hydroxylation sites is 1. The number of nitrogens with zero attached hydrogens (tertiary/aromatic N) is 3. The molecule has 28 heavy (non-hydrogen) atoms. The fraction of sp³-hybridized carbons (Fsp3) is 0.227. The molecule has 0 saturated heterocycles. The lowest BCUT2D eigenvalue weighted by molar-refractivity contribution is 0.0999. The number of hydrogen-bond acceptors (Lipinski definition) is 4. The zero-order chi connectivity index (χ0) is 19.7. The number of fused-ring (bicyclic) bond motifs is 3. The maximum absolute atomic E-state index is 11.6. The van der Waals surface area contributed by atoms with E-state index in [0.29, 0.717) is 11.4 Å². The Bertz CT molecular complexity index is 1180. The van der Waals surface area contributed by atoms with Crippen LogP contribution in [0.3, 0.4) is 0 Å². The predicted octanol–water partition coefficient (Wildman–Crippen LogP) is 3.60. The second kappa shape index (κ2) is 7.31. The Kier molecular flexibility index (Phi) is 4.69. The first-order valence-corrected chi connectivity index (χ1v) is 9.45. The van der Waals surface area contributed by atoms with Gasteiger partial charge in [-0.3, -0.25) is 4.79 Å². The minimum absolute atomic E-state index is 0.374. The molecule has 4 aromatic rings. The number of benzene rings is 2. The van der Waals surface area contributed by atoms with Crippen LogP contribution < -0.4 is 11.5 Å². The molecule has 0 fully saturated rings. The number of amides is 1. The second-order valence-corrected chi connectivity index (χ2v) is 7.00. The Balaban J connectivity index is 1.58. The summed E-state index contributed by atoms with van der Waals surface area (Å²) in [5.41, 5.74) is 15.9. The van der Waals surface area contributed by atoms with E-state index in [4.69, 9.17) is 11.5 Å². The number of pyridine rings is 1. The van der Waals surface area contributed by atoms with Crippen LogP contribution in [0.5, 0.6) is 0 Å². The molecule has 0 radical (unpaired) electrons. The molecule has 6 nitrogen and oxygen atoms in total. The summed E-state index contributed by atoms with van der Waals surface area (Å²) in [6, 6.07) is 15.5. The van der Waals surface area contributed by atoms with Gasteiger partial charge in [-0.15, -0.1) is 0 Å². The van der Waals surface area contributed by atoms with E-state index in [1.807, 2.05) is 43.3 Å². The van der Waals surface area contributed by atoms with Gasteiger partial charge in [0.25, 0.3) is 0 Å². The molecule has 0 aliphatic rings. The van der Waals surface area contributed by atoms with E-state index < -0.39 is 0 Å². The first kappa shape index (κ1) is 18.0. The maximum atomic E-state index is 11.6. The number of unbranched alkanes of at least 4 members (excludes halogenated alkanes) is 1. The van der Waals surface area contributed by atoms with Gasteiger partial charge in [0.15, 0.2) is 5.82 Å². The third-order valence-corrected chi connectivity index (χ3v) is 5.16. The van der Waals surface area contributed by atoms with Gasteiger partial charge in [-0.05, 0) is 43.9 Å². The molecule has 0 bridgehead atoms. The molecule has 1 amide bonds. The van der Waals surface area contributed by atoms with Crippen LogP contribution >= 0.6 is 0 Å². The number of aryl methyl sites for hydroxylation is 3. The van der Waals surface area contributed by atoms with Crippen molar-refractivity contribution in [2.75, 3.05) is 5.73 Å². The molecular weight excluding hydrogens is 350 g/mol. The number of aromatic nitrogens is 3. The van der Waals surface area contributed by atoms with E-state index in [-0.39, 0.29) is 5.91 Å². The molecule has 0 saturated carbocycles. The molecule has 6 heteroatoms. The number of rotatable bonds is 6. The molecule has 0 spiro atoms. The van der Waals surface area contributed by atoms with E-state index >= 15 is 0 Å². The molecule has 4 rings (SSSR count). The Labute approximate surface area is 163 Å². The summed E-state index contributed by atoms with van der Waals surface area (Å²) in [6.07, 6.45) is 2.72. The smallest absolute Gasteiger partial charge is 0.248 e. The van der Waals surface area contributed by atoms with Crippen LogP contribution in [0.15, 0.2) is 48.5 Å². The molecular formula is C22H23N5O. The van der Waals surface area contributed by atoms with Crippen molar-refractivity contribution in [1.82, 2.24) is 14.5 Å². The first-order valence-electron chi connectivity index (χ1n) is 9.45. The quantitative estimate of drug-likeness (QED) is 0.504. The van der Waals surface area contributed by atoms with Gasteiger partial charge in [-0.25, -0.2) is 9.97 Å². The second-order valence-electron chi connectivity index (χ2n) is 7.00. The van der Waals surface area contributed by atoms with Crippen molar-refractivity contribution in [2.45, 2.75) is 32.7 Å². The number of primary amides is 1. The number of carbonyl (C=O) groups excluding carboxylic acids is 1. The van der Waals surface area contributed by atoms with E-state index in [2.05, 4.69) is 20.6 Å². The van der Waals surface area contributed by atoms with E-state index in [1.54, 1.807) is 6.07 Å². The molecule has 4 N–H and O–H groups in total. The third-order valence-electron chi connectivity index (χ3n) is 5.16. The lowest BCUT2D eigenvalue weighted by Gasteiger charge is -2.10. The summed E-state index contributed by atoms with van der Waals surface area (Å²) < 4.78 is 2.22. The third kappa shape index (κ3) is 3.17. The monoisotopic (exact) mass is 373 g/mol. The van der Waals surface area contributed by atoms with Gasteiger partial charge in [0, 0.05) is 17.5 Å². The zero-order valence-electron chi connectivity index (χ0n) is 15.9. The van der Waals surface area contributed by atoms with Crippen molar-refractivity contribution >= 4 is 33.7 Å². The standard InChI is InChI=1S/C22H23N5O/c1-14-25-19-20(17-11-4-5-12-18(17)26-21(19)23)27(14)13-7-6-9-15-8-2-3-10-16(15)22(24)28/h2-5,8,10-12H,6-7,9,13H2,1H3,(H2,23,26)(H2,24,28). The van der Waals surface area contributed by atoms with Gasteiger partial charge in [0.2, 0.25) is 5.91 Å². The van der Waals surface area contributed by atoms with Crippen molar-refractivity contribution in [3.05, 3.63) is 65.5 Å². The largest absolute Gasteiger partial charge is 0.382 e. The summed E-state index contributed by atoms with van der Waals surface area (Å²) in [5.74, 6) is 1.02. The molecule has 2 heterocycles. The van der Waals surface area contributed by atoms with E-state index in [9.17, 15) is 4.79 Å². The van der Waals surface area contributed by atoms with Gasteiger partial charge >= 0.3 is 0 Å². The Hall–Kier alpha value is -3.41. The van der Waals surface area contributed by atoms with Crippen LogP contribution in [0.25, 0.3) is 21.9 Å². The van der Waals surface area contributed by atoms with Crippen LogP contribution in [-0.2, 0) is 13.0 Å². The number of hydrogen-bond donors (Lipinski definition) is 2. The number of nitrogens with two attached hydrogens (primary N) is 2. The fourth-order valence-corrected chi connectivity index (χ4v) is 3.81. The Morgan fingerprint density at radius 1 is 1.04 bits per heavy atom. The van der Waals surface area contributed by atoms with Crippen molar-refractivity contribution in [3.8, 4) is 0 Å². The van der Waals surface area contributed by atoms with Crippen molar-refractivity contribution in [1.29, 1.82) is 0 Å². The van der Waals surface area contributed by atoms with Crippen LogP contribution in [0, 0.1) is 6.92 Å². The van der Waals surface area contributed by atoms with Crippen LogP contribution in [0.1, 0.15) is 34.6 Å². The molecule has 0 atom stereocenters. The zero-order valence-corrected chi connectivity index (χ0v) is 15.9. The van der Waals surface area contributed by atoms with Crippen molar-refractivity contribution in [3.63, 3.8) is 0 Å². The SMILES string of the molecule is Cc1nc2c(N)nc3ccccc3c2n1CCCCc1ccccc1C(N)=O. The molecule has 0 unspecified atom stereocenters. The van der Waals surface area contributed by atoms with Crippen molar-refractivity contribution < 1.29 is 4.79 Å². The van der Waals surface area contributed by atoms with Gasteiger partial charge in [-0.2, -0.15) is 0 Å². The molecule has 2 aromatic carbocycles. The summed E-state index contributed by atoms with van der Waals surface area (Å²) >= 11 is 0. The molecule has 2 aromatic heterocycles. The highest BCUT2D eigenvalue weighted by molar-refractivity contribution is 6.06. The van der Waals surface area contributed by atoms with Crippen LogP contribution in [0.4, 0.5) is 5.82 Å². The lowest BCUT2D eigenvalue weighted by Crippen LogP contribution is -2.13. The van der Waals surface area contributed by atoms with Crippen LogP contribution in [0.2, 0.25) is 0 Å². The first-order chi connectivity index (χ1) is 13.6.